The van der Waals surface area contributed by atoms with Gasteiger partial charge in [-0.1, -0.05) is 12.1 Å². The summed E-state index contributed by atoms with van der Waals surface area (Å²) in [5.74, 6) is -0.245. The fraction of sp³-hybridized carbons (Fsp3) is 0.269. The Bertz CT molecular complexity index is 1300. The van der Waals surface area contributed by atoms with E-state index in [1.54, 1.807) is 31.8 Å². The highest BCUT2D eigenvalue weighted by molar-refractivity contribution is 5.90. The number of nitrogens with zero attached hydrogens (tertiary/aromatic N) is 4. The molecule has 0 atom stereocenters. The normalized spacial score (nSPS) is 14.4. The predicted molar refractivity (Wildman–Crippen MR) is 128 cm³/mol. The van der Waals surface area contributed by atoms with E-state index in [9.17, 15) is 9.59 Å². The fourth-order valence-electron chi connectivity index (χ4n) is 4.25. The molecule has 2 aromatic heterocycles. The number of carbonyl (C=O) groups excluding carboxylic acids is 2. The van der Waals surface area contributed by atoms with Crippen molar-refractivity contribution in [1.29, 1.82) is 0 Å². The van der Waals surface area contributed by atoms with Crippen LogP contribution in [-0.2, 0) is 9.53 Å². The van der Waals surface area contributed by atoms with Crippen molar-refractivity contribution >= 4 is 22.9 Å². The zero-order chi connectivity index (χ0) is 23.5. The largest absolute Gasteiger partial charge is 0.472 e. The summed E-state index contributed by atoms with van der Waals surface area (Å²) in [6.45, 7) is 5.58. The SMILES string of the molecule is CC(=O)N1CCN(CCOC(=O)c2cccc(-n3cnc4cc(-c5ccoc5)ccc43)c2)CC1. The molecule has 0 aliphatic carbocycles. The number of hydrogen-bond acceptors (Lipinski definition) is 6. The summed E-state index contributed by atoms with van der Waals surface area (Å²) in [4.78, 5) is 32.7. The summed E-state index contributed by atoms with van der Waals surface area (Å²) >= 11 is 0. The highest BCUT2D eigenvalue weighted by Gasteiger charge is 2.19. The van der Waals surface area contributed by atoms with Crippen molar-refractivity contribution in [1.82, 2.24) is 19.4 Å². The Morgan fingerprint density at radius 3 is 2.65 bits per heavy atom. The van der Waals surface area contributed by atoms with E-state index in [0.717, 1.165) is 40.9 Å². The summed E-state index contributed by atoms with van der Waals surface area (Å²) in [5.41, 5.74) is 5.18. The molecule has 1 saturated heterocycles. The number of amides is 1. The van der Waals surface area contributed by atoms with Gasteiger partial charge < -0.3 is 14.1 Å². The lowest BCUT2D eigenvalue weighted by atomic mass is 10.1. The van der Waals surface area contributed by atoms with Crippen LogP contribution in [0, 0.1) is 0 Å². The summed E-state index contributed by atoms with van der Waals surface area (Å²) in [6, 6.07) is 15.3. The maximum atomic E-state index is 12.7. The van der Waals surface area contributed by atoms with Crippen molar-refractivity contribution in [2.75, 3.05) is 39.3 Å². The Morgan fingerprint density at radius 2 is 1.88 bits per heavy atom. The smallest absolute Gasteiger partial charge is 0.338 e. The minimum atomic E-state index is -0.351. The van der Waals surface area contributed by atoms with Gasteiger partial charge in [0.1, 0.15) is 12.9 Å². The Labute approximate surface area is 197 Å². The Kier molecular flexibility index (Phi) is 6.14. The van der Waals surface area contributed by atoms with Crippen LogP contribution in [0.4, 0.5) is 0 Å². The maximum Gasteiger partial charge on any atom is 0.338 e. The van der Waals surface area contributed by atoms with Crippen LogP contribution in [0.5, 0.6) is 0 Å². The second-order valence-corrected chi connectivity index (χ2v) is 8.36. The molecule has 0 saturated carbocycles. The molecule has 0 bridgehead atoms. The molecule has 1 amide bonds. The van der Waals surface area contributed by atoms with Gasteiger partial charge in [-0.3, -0.25) is 14.3 Å². The molecule has 0 spiro atoms. The predicted octanol–water partition coefficient (Wildman–Crippen LogP) is 3.61. The van der Waals surface area contributed by atoms with E-state index in [0.29, 0.717) is 31.8 Å². The summed E-state index contributed by atoms with van der Waals surface area (Å²) in [7, 11) is 0. The number of imidazole rings is 1. The molecule has 0 radical (unpaired) electrons. The van der Waals surface area contributed by atoms with Crippen molar-refractivity contribution in [2.24, 2.45) is 0 Å². The minimum Gasteiger partial charge on any atom is -0.472 e. The molecule has 5 rings (SSSR count). The lowest BCUT2D eigenvalue weighted by Gasteiger charge is -2.33. The first kappa shape index (κ1) is 21.9. The average Bonchev–Trinajstić information content (AvgIpc) is 3.54. The molecule has 3 heterocycles. The zero-order valence-corrected chi connectivity index (χ0v) is 19.0. The van der Waals surface area contributed by atoms with E-state index in [2.05, 4.69) is 9.88 Å². The van der Waals surface area contributed by atoms with Crippen molar-refractivity contribution in [3.8, 4) is 16.8 Å². The third-order valence-electron chi connectivity index (χ3n) is 6.22. The molecule has 0 unspecified atom stereocenters. The number of esters is 1. The summed E-state index contributed by atoms with van der Waals surface area (Å²) < 4.78 is 12.7. The van der Waals surface area contributed by atoms with E-state index >= 15 is 0 Å². The molecule has 1 aliphatic heterocycles. The molecule has 1 fully saturated rings. The van der Waals surface area contributed by atoms with Gasteiger partial charge in [-0.15, -0.1) is 0 Å². The molecule has 2 aromatic carbocycles. The highest BCUT2D eigenvalue weighted by Crippen LogP contribution is 2.26. The zero-order valence-electron chi connectivity index (χ0n) is 19.0. The van der Waals surface area contributed by atoms with Crippen LogP contribution in [0.1, 0.15) is 17.3 Å². The average molecular weight is 459 g/mol. The standard InChI is InChI=1S/C26H26N4O4/c1-19(31)29-10-8-28(9-11-29)12-14-34-26(32)21-3-2-4-23(15-21)30-18-27-24-16-20(5-6-25(24)30)22-7-13-33-17-22/h2-7,13,15-18H,8-12,14H2,1H3. The maximum absolute atomic E-state index is 12.7. The molecule has 174 valence electrons. The number of piperazine rings is 1. The number of carbonyl (C=O) groups is 2. The van der Waals surface area contributed by atoms with Crippen LogP contribution in [0.15, 0.2) is 71.8 Å². The number of furan rings is 1. The van der Waals surface area contributed by atoms with E-state index < -0.39 is 0 Å². The molecule has 8 heteroatoms. The summed E-state index contributed by atoms with van der Waals surface area (Å²) in [5, 5.41) is 0. The minimum absolute atomic E-state index is 0.107. The van der Waals surface area contributed by atoms with Crippen molar-refractivity contribution in [3.63, 3.8) is 0 Å². The van der Waals surface area contributed by atoms with Gasteiger partial charge in [0, 0.05) is 50.9 Å². The molecule has 1 aliphatic rings. The monoisotopic (exact) mass is 458 g/mol. The van der Waals surface area contributed by atoms with E-state index in [4.69, 9.17) is 9.15 Å². The van der Waals surface area contributed by atoms with Crippen LogP contribution >= 0.6 is 0 Å². The van der Waals surface area contributed by atoms with Crippen molar-refractivity contribution in [2.45, 2.75) is 6.92 Å². The molecular formula is C26H26N4O4. The number of hydrogen-bond donors (Lipinski definition) is 0. The summed E-state index contributed by atoms with van der Waals surface area (Å²) in [6.07, 6.45) is 5.12. The molecule has 0 N–H and O–H groups in total. The number of benzene rings is 2. The lowest BCUT2D eigenvalue weighted by Crippen LogP contribution is -2.48. The number of ether oxygens (including phenoxy) is 1. The van der Waals surface area contributed by atoms with Gasteiger partial charge in [-0.25, -0.2) is 9.78 Å². The van der Waals surface area contributed by atoms with Crippen LogP contribution in [0.25, 0.3) is 27.8 Å². The first-order valence-corrected chi connectivity index (χ1v) is 11.3. The Hall–Kier alpha value is -3.91. The molecule has 4 aromatic rings. The fourth-order valence-corrected chi connectivity index (χ4v) is 4.25. The van der Waals surface area contributed by atoms with Gasteiger partial charge in [0.15, 0.2) is 0 Å². The van der Waals surface area contributed by atoms with Gasteiger partial charge in [0.2, 0.25) is 5.91 Å². The number of fused-ring (bicyclic) bond motifs is 1. The lowest BCUT2D eigenvalue weighted by molar-refractivity contribution is -0.130. The van der Waals surface area contributed by atoms with Crippen LogP contribution < -0.4 is 0 Å². The van der Waals surface area contributed by atoms with Crippen molar-refractivity contribution < 1.29 is 18.7 Å². The van der Waals surface area contributed by atoms with Crippen LogP contribution in [0.2, 0.25) is 0 Å². The Balaban J connectivity index is 1.23. The van der Waals surface area contributed by atoms with Gasteiger partial charge >= 0.3 is 5.97 Å². The quantitative estimate of drug-likeness (QED) is 0.411. The molecule has 34 heavy (non-hydrogen) atoms. The second kappa shape index (κ2) is 9.52. The third kappa shape index (κ3) is 4.58. The number of aromatic nitrogens is 2. The van der Waals surface area contributed by atoms with Gasteiger partial charge in [-0.05, 0) is 42.0 Å². The van der Waals surface area contributed by atoms with Crippen molar-refractivity contribution in [3.05, 3.63) is 72.9 Å². The topological polar surface area (TPSA) is 80.8 Å². The Morgan fingerprint density at radius 1 is 1.03 bits per heavy atom. The number of rotatable bonds is 6. The van der Waals surface area contributed by atoms with Gasteiger partial charge in [0.25, 0.3) is 0 Å². The van der Waals surface area contributed by atoms with Gasteiger partial charge in [0.05, 0.1) is 29.1 Å². The third-order valence-corrected chi connectivity index (χ3v) is 6.22. The van der Waals surface area contributed by atoms with Crippen LogP contribution in [0.3, 0.4) is 0 Å². The van der Waals surface area contributed by atoms with Crippen LogP contribution in [-0.4, -0.2) is 70.6 Å². The van der Waals surface area contributed by atoms with E-state index in [-0.39, 0.29) is 11.9 Å². The molecular weight excluding hydrogens is 432 g/mol. The van der Waals surface area contributed by atoms with E-state index in [1.807, 2.05) is 51.9 Å². The van der Waals surface area contributed by atoms with Gasteiger partial charge in [-0.2, -0.15) is 0 Å². The van der Waals surface area contributed by atoms with E-state index in [1.165, 1.54) is 0 Å². The molecule has 8 nitrogen and oxygen atoms in total. The second-order valence-electron chi connectivity index (χ2n) is 8.36. The highest BCUT2D eigenvalue weighted by atomic mass is 16.5. The first-order valence-electron chi connectivity index (χ1n) is 11.3. The first-order chi connectivity index (χ1) is 16.6.